The fourth-order valence-electron chi connectivity index (χ4n) is 4.35. The summed E-state index contributed by atoms with van der Waals surface area (Å²) in [6.07, 6.45) is 0. The van der Waals surface area contributed by atoms with Crippen molar-refractivity contribution in [2.24, 2.45) is 0 Å². The van der Waals surface area contributed by atoms with E-state index in [2.05, 4.69) is 20.1 Å². The number of para-hydroxylation sites is 2. The molecule has 0 unspecified atom stereocenters. The molecule has 0 spiro atoms. The molecule has 0 saturated carbocycles. The third kappa shape index (κ3) is 7.41. The van der Waals surface area contributed by atoms with E-state index in [0.29, 0.717) is 22.5 Å². The number of ether oxygens (including phenoxy) is 4. The Morgan fingerprint density at radius 3 is 1.13 bits per heavy atom. The lowest BCUT2D eigenvalue weighted by Crippen LogP contribution is -2.27. The largest absolute Gasteiger partial charge is 0.462 e. The van der Waals surface area contributed by atoms with Crippen molar-refractivity contribution in [1.82, 2.24) is 0 Å². The number of hydrogen-bond donors (Lipinski definition) is 2. The topological polar surface area (TPSA) is 198 Å². The highest BCUT2D eigenvalue weighted by Crippen LogP contribution is 2.35. The summed E-state index contributed by atoms with van der Waals surface area (Å²) in [7, 11) is 0. The molecular formula is C32H30N2O12. The van der Waals surface area contributed by atoms with Crippen LogP contribution in [-0.4, -0.2) is 73.7 Å². The zero-order chi connectivity index (χ0) is 34.0. The van der Waals surface area contributed by atoms with Crippen molar-refractivity contribution in [2.45, 2.75) is 27.7 Å². The zero-order valence-corrected chi connectivity index (χ0v) is 25.3. The first kappa shape index (κ1) is 34.6. The van der Waals surface area contributed by atoms with Gasteiger partial charge in [-0.2, -0.15) is 0 Å². The molecule has 0 saturated heterocycles. The highest BCUT2D eigenvalue weighted by molar-refractivity contribution is 6.54. The van der Waals surface area contributed by atoms with Crippen LogP contribution in [0.1, 0.15) is 38.8 Å². The van der Waals surface area contributed by atoms with E-state index in [4.69, 9.17) is 9.47 Å². The maximum absolute atomic E-state index is 12.3. The number of carbonyl (C=O) groups excluding carboxylic acids is 8. The number of hydrogen-bond acceptors (Lipinski definition) is 12. The number of anilines is 2. The summed E-state index contributed by atoms with van der Waals surface area (Å²) in [5, 5.41) is 5.08. The van der Waals surface area contributed by atoms with E-state index < -0.39 is 58.4 Å². The highest BCUT2D eigenvalue weighted by Gasteiger charge is 2.38. The van der Waals surface area contributed by atoms with Gasteiger partial charge in [0.2, 0.25) is 0 Å². The Kier molecular flexibility index (Phi) is 11.8. The first-order valence-corrected chi connectivity index (χ1v) is 14.1. The van der Waals surface area contributed by atoms with Crippen LogP contribution in [0.15, 0.2) is 59.7 Å². The van der Waals surface area contributed by atoms with Gasteiger partial charge in [-0.3, -0.25) is 19.2 Å². The van der Waals surface area contributed by atoms with Gasteiger partial charge in [-0.1, -0.05) is 36.4 Å². The van der Waals surface area contributed by atoms with Gasteiger partial charge in [0.15, 0.2) is 0 Å². The second-order valence-corrected chi connectivity index (χ2v) is 9.04. The predicted molar refractivity (Wildman–Crippen MR) is 161 cm³/mol. The van der Waals surface area contributed by atoms with Gasteiger partial charge in [0.25, 0.3) is 23.4 Å². The Labute approximate surface area is 262 Å². The minimum atomic E-state index is -1.21. The molecule has 240 valence electrons. The minimum Gasteiger partial charge on any atom is -0.462 e. The normalized spacial score (nSPS) is 14.6. The lowest BCUT2D eigenvalue weighted by Gasteiger charge is -2.08. The van der Waals surface area contributed by atoms with E-state index in [1.807, 2.05) is 0 Å². The Morgan fingerprint density at radius 1 is 0.500 bits per heavy atom. The fraction of sp³-hybridized carbons (Fsp3) is 0.250. The van der Waals surface area contributed by atoms with Gasteiger partial charge < -0.3 is 29.6 Å². The summed E-state index contributed by atoms with van der Waals surface area (Å²) in [6, 6.07) is 13.1. The minimum absolute atomic E-state index is 0.00498. The number of nitrogens with one attached hydrogen (secondary N) is 2. The molecule has 0 radical (unpaired) electrons. The molecule has 2 amide bonds. The second-order valence-electron chi connectivity index (χ2n) is 9.04. The third-order valence-electron chi connectivity index (χ3n) is 6.18. The summed E-state index contributed by atoms with van der Waals surface area (Å²) < 4.78 is 18.9. The summed E-state index contributed by atoms with van der Waals surface area (Å²) in [4.78, 5) is 96.7. The standard InChI is InChI=1S/2C16H15NO6/c2*1-3-22-15(20)12(13(18)16(21)23-4-2)11-9-7-5-6-8-10(9)17-14(11)19/h2*5-8H,3-4H2,1-2H3,(H,17,19)/b2*12-11+. The molecule has 14 nitrogen and oxygen atoms in total. The maximum Gasteiger partial charge on any atom is 0.379 e. The Bertz CT molecular complexity index is 1560. The molecule has 0 aromatic heterocycles. The van der Waals surface area contributed by atoms with Crippen LogP contribution < -0.4 is 10.6 Å². The summed E-state index contributed by atoms with van der Waals surface area (Å²) >= 11 is 0. The van der Waals surface area contributed by atoms with Gasteiger partial charge in [0.1, 0.15) is 11.1 Å². The van der Waals surface area contributed by atoms with Gasteiger partial charge in [-0.05, 0) is 39.8 Å². The molecule has 0 aliphatic carbocycles. The Morgan fingerprint density at radius 2 is 0.804 bits per heavy atom. The third-order valence-corrected chi connectivity index (χ3v) is 6.18. The maximum atomic E-state index is 12.3. The molecule has 2 aliphatic rings. The number of benzene rings is 2. The van der Waals surface area contributed by atoms with E-state index in [9.17, 15) is 38.4 Å². The molecule has 2 heterocycles. The van der Waals surface area contributed by atoms with Crippen molar-refractivity contribution in [3.05, 3.63) is 70.8 Å². The van der Waals surface area contributed by atoms with Crippen LogP contribution in [0.4, 0.5) is 11.4 Å². The van der Waals surface area contributed by atoms with Crippen molar-refractivity contribution in [3.8, 4) is 0 Å². The van der Waals surface area contributed by atoms with Crippen molar-refractivity contribution < 1.29 is 57.3 Å². The Balaban J connectivity index is 0.000000250. The molecule has 0 atom stereocenters. The van der Waals surface area contributed by atoms with Gasteiger partial charge in [0.05, 0.1) is 37.6 Å². The quantitative estimate of drug-likeness (QED) is 0.0966. The van der Waals surface area contributed by atoms with Crippen LogP contribution in [0.25, 0.3) is 11.1 Å². The number of rotatable bonds is 10. The fourth-order valence-corrected chi connectivity index (χ4v) is 4.35. The number of ketones is 2. The summed E-state index contributed by atoms with van der Waals surface area (Å²) in [6.45, 7) is 6.09. The highest BCUT2D eigenvalue weighted by atomic mass is 16.6. The van der Waals surface area contributed by atoms with E-state index in [-0.39, 0.29) is 37.6 Å². The number of Topliss-reactive ketones (excluding diaryl/α,β-unsaturated/α-hetero) is 2. The number of carbonyl (C=O) groups is 8. The number of amides is 2. The molecule has 4 rings (SSSR count). The lowest BCUT2D eigenvalue weighted by atomic mass is 9.98. The van der Waals surface area contributed by atoms with Crippen LogP contribution in [0.3, 0.4) is 0 Å². The van der Waals surface area contributed by atoms with E-state index in [0.717, 1.165) is 0 Å². The smallest absolute Gasteiger partial charge is 0.379 e. The monoisotopic (exact) mass is 634 g/mol. The zero-order valence-electron chi connectivity index (χ0n) is 25.3. The molecule has 2 N–H and O–H groups in total. The molecule has 46 heavy (non-hydrogen) atoms. The van der Waals surface area contributed by atoms with Gasteiger partial charge in [0, 0.05) is 22.5 Å². The lowest BCUT2D eigenvalue weighted by molar-refractivity contribution is -0.153. The molecular weight excluding hydrogens is 604 g/mol. The summed E-state index contributed by atoms with van der Waals surface area (Å²) in [5.41, 5.74) is 0.0167. The number of fused-ring (bicyclic) bond motifs is 2. The predicted octanol–water partition coefficient (Wildman–Crippen LogP) is 2.18. The van der Waals surface area contributed by atoms with Crippen LogP contribution >= 0.6 is 0 Å². The molecule has 0 fully saturated rings. The van der Waals surface area contributed by atoms with Crippen LogP contribution in [0.5, 0.6) is 0 Å². The molecule has 2 aliphatic heterocycles. The van der Waals surface area contributed by atoms with Crippen molar-refractivity contribution >= 4 is 69.8 Å². The van der Waals surface area contributed by atoms with Crippen LogP contribution in [-0.2, 0) is 57.3 Å². The molecule has 2 aromatic rings. The van der Waals surface area contributed by atoms with Gasteiger partial charge in [-0.25, -0.2) is 19.2 Å². The second kappa shape index (κ2) is 15.7. The first-order valence-electron chi connectivity index (χ1n) is 14.1. The van der Waals surface area contributed by atoms with Gasteiger partial charge in [-0.15, -0.1) is 0 Å². The van der Waals surface area contributed by atoms with Crippen LogP contribution in [0.2, 0.25) is 0 Å². The van der Waals surface area contributed by atoms with Crippen molar-refractivity contribution in [1.29, 1.82) is 0 Å². The first-order chi connectivity index (χ1) is 22.0. The SMILES string of the molecule is CCOC(=O)C(=O)/C(C(=O)OCC)=C1\C(=O)Nc2ccccc21.CCOC(=O)C(=O)/C(C(=O)OCC)=C1\C(=O)Nc2ccccc21. The van der Waals surface area contributed by atoms with E-state index in [1.165, 1.54) is 13.8 Å². The average Bonchev–Trinajstić information content (AvgIpc) is 3.53. The van der Waals surface area contributed by atoms with Gasteiger partial charge >= 0.3 is 23.9 Å². The van der Waals surface area contributed by atoms with E-state index >= 15 is 0 Å². The van der Waals surface area contributed by atoms with E-state index in [1.54, 1.807) is 62.4 Å². The van der Waals surface area contributed by atoms with Crippen LogP contribution in [0, 0.1) is 0 Å². The molecule has 14 heteroatoms. The van der Waals surface area contributed by atoms with Crippen molar-refractivity contribution in [3.63, 3.8) is 0 Å². The Hall–Kier alpha value is -5.92. The van der Waals surface area contributed by atoms with Crippen molar-refractivity contribution in [2.75, 3.05) is 37.1 Å². The number of esters is 4. The summed E-state index contributed by atoms with van der Waals surface area (Å²) in [5.74, 6) is -8.18. The average molecular weight is 635 g/mol. The molecule has 2 aromatic carbocycles. The molecule has 0 bridgehead atoms.